The first-order chi connectivity index (χ1) is 10.5. The Balaban J connectivity index is 2.27. The monoisotopic (exact) mass is 303 g/mol. The Bertz CT molecular complexity index is 702. The molecule has 0 spiro atoms. The lowest BCUT2D eigenvalue weighted by molar-refractivity contribution is -0.383. The SMILES string of the molecule is CCOC(=O)CC(C)Nc1ccc([N+](=O)[O-])c2cnccc12. The lowest BCUT2D eigenvalue weighted by atomic mass is 10.1. The highest BCUT2D eigenvalue weighted by atomic mass is 16.6. The van der Waals surface area contributed by atoms with Gasteiger partial charge in [-0.2, -0.15) is 0 Å². The van der Waals surface area contributed by atoms with Gasteiger partial charge in [0.2, 0.25) is 0 Å². The van der Waals surface area contributed by atoms with Gasteiger partial charge in [-0.1, -0.05) is 0 Å². The summed E-state index contributed by atoms with van der Waals surface area (Å²) in [6.07, 6.45) is 3.26. The molecule has 1 atom stereocenters. The van der Waals surface area contributed by atoms with Crippen LogP contribution in [0.3, 0.4) is 0 Å². The number of nitrogens with zero attached hydrogens (tertiary/aromatic N) is 2. The van der Waals surface area contributed by atoms with E-state index in [0.29, 0.717) is 17.4 Å². The Labute approximate surface area is 127 Å². The number of rotatable bonds is 6. The number of carbonyl (C=O) groups is 1. The Hall–Kier alpha value is -2.70. The zero-order valence-electron chi connectivity index (χ0n) is 12.4. The van der Waals surface area contributed by atoms with E-state index in [0.717, 1.165) is 5.69 Å². The largest absolute Gasteiger partial charge is 0.466 e. The van der Waals surface area contributed by atoms with Crippen molar-refractivity contribution in [3.05, 3.63) is 40.7 Å². The van der Waals surface area contributed by atoms with Crippen molar-refractivity contribution >= 4 is 28.1 Å². The Morgan fingerprint density at radius 3 is 2.86 bits per heavy atom. The fourth-order valence-corrected chi connectivity index (χ4v) is 2.25. The number of ether oxygens (including phenoxy) is 1. The van der Waals surface area contributed by atoms with Crippen LogP contribution in [0.15, 0.2) is 30.6 Å². The number of nitro groups is 1. The second-order valence-corrected chi connectivity index (χ2v) is 4.87. The van der Waals surface area contributed by atoms with Gasteiger partial charge in [0.25, 0.3) is 5.69 Å². The number of fused-ring (bicyclic) bond motifs is 1. The lowest BCUT2D eigenvalue weighted by Gasteiger charge is -2.16. The van der Waals surface area contributed by atoms with Crippen LogP contribution in [0, 0.1) is 10.1 Å². The summed E-state index contributed by atoms with van der Waals surface area (Å²) in [6.45, 7) is 3.95. The van der Waals surface area contributed by atoms with Crippen molar-refractivity contribution in [1.29, 1.82) is 0 Å². The van der Waals surface area contributed by atoms with Crippen LogP contribution in [0.5, 0.6) is 0 Å². The molecule has 0 saturated carbocycles. The number of hydrogen-bond acceptors (Lipinski definition) is 6. The van der Waals surface area contributed by atoms with Gasteiger partial charge in [0.05, 0.1) is 23.3 Å². The molecule has 0 bridgehead atoms. The van der Waals surface area contributed by atoms with Crippen molar-refractivity contribution in [3.8, 4) is 0 Å². The van der Waals surface area contributed by atoms with Crippen LogP contribution < -0.4 is 5.32 Å². The predicted octanol–water partition coefficient (Wildman–Crippen LogP) is 2.90. The molecule has 116 valence electrons. The van der Waals surface area contributed by atoms with Crippen LogP contribution >= 0.6 is 0 Å². The van der Waals surface area contributed by atoms with Gasteiger partial charge >= 0.3 is 5.97 Å². The minimum absolute atomic E-state index is 0.00620. The maximum atomic E-state index is 11.5. The number of nitrogens with one attached hydrogen (secondary N) is 1. The maximum Gasteiger partial charge on any atom is 0.307 e. The zero-order valence-corrected chi connectivity index (χ0v) is 12.4. The van der Waals surface area contributed by atoms with Crippen LogP contribution in [-0.2, 0) is 9.53 Å². The van der Waals surface area contributed by atoms with E-state index in [9.17, 15) is 14.9 Å². The van der Waals surface area contributed by atoms with Crippen LogP contribution in [0.25, 0.3) is 10.8 Å². The summed E-state index contributed by atoms with van der Waals surface area (Å²) in [5.41, 5.74) is 0.728. The molecule has 1 unspecified atom stereocenters. The van der Waals surface area contributed by atoms with E-state index in [2.05, 4.69) is 10.3 Å². The van der Waals surface area contributed by atoms with E-state index in [4.69, 9.17) is 4.74 Å². The first-order valence-electron chi connectivity index (χ1n) is 6.96. The normalized spacial score (nSPS) is 11.9. The summed E-state index contributed by atoms with van der Waals surface area (Å²) in [4.78, 5) is 26.1. The first-order valence-corrected chi connectivity index (χ1v) is 6.96. The third kappa shape index (κ3) is 3.49. The van der Waals surface area contributed by atoms with Gasteiger partial charge in [-0.15, -0.1) is 0 Å². The van der Waals surface area contributed by atoms with Crippen LogP contribution in [0.4, 0.5) is 11.4 Å². The van der Waals surface area contributed by atoms with E-state index in [1.54, 1.807) is 25.3 Å². The molecule has 1 aromatic heterocycles. The van der Waals surface area contributed by atoms with Gasteiger partial charge in [0, 0.05) is 35.6 Å². The Morgan fingerprint density at radius 1 is 1.41 bits per heavy atom. The third-order valence-electron chi connectivity index (χ3n) is 3.17. The van der Waals surface area contributed by atoms with E-state index in [-0.39, 0.29) is 24.1 Å². The number of esters is 1. The molecule has 2 aromatic rings. The molecule has 0 aliphatic heterocycles. The molecule has 0 aliphatic rings. The molecule has 0 radical (unpaired) electrons. The summed E-state index contributed by atoms with van der Waals surface area (Å²) in [5.74, 6) is -0.282. The highest BCUT2D eigenvalue weighted by Gasteiger charge is 2.16. The fourth-order valence-electron chi connectivity index (χ4n) is 2.25. The van der Waals surface area contributed by atoms with E-state index >= 15 is 0 Å². The molecule has 1 N–H and O–H groups in total. The molecule has 0 saturated heterocycles. The topological polar surface area (TPSA) is 94.4 Å². The van der Waals surface area contributed by atoms with Gasteiger partial charge in [-0.05, 0) is 26.0 Å². The summed E-state index contributed by atoms with van der Waals surface area (Å²) in [5, 5.41) is 15.4. The van der Waals surface area contributed by atoms with Gasteiger partial charge in [0.1, 0.15) is 0 Å². The minimum Gasteiger partial charge on any atom is -0.466 e. The Kier molecular flexibility index (Phi) is 4.88. The fraction of sp³-hybridized carbons (Fsp3) is 0.333. The van der Waals surface area contributed by atoms with E-state index in [1.807, 2.05) is 6.92 Å². The van der Waals surface area contributed by atoms with Crippen molar-refractivity contribution < 1.29 is 14.5 Å². The Morgan fingerprint density at radius 2 is 2.18 bits per heavy atom. The highest BCUT2D eigenvalue weighted by molar-refractivity contribution is 5.99. The van der Waals surface area contributed by atoms with Crippen molar-refractivity contribution in [3.63, 3.8) is 0 Å². The van der Waals surface area contributed by atoms with Crippen LogP contribution in [0.1, 0.15) is 20.3 Å². The number of benzene rings is 1. The second kappa shape index (κ2) is 6.84. The number of carbonyl (C=O) groups excluding carboxylic acids is 1. The predicted molar refractivity (Wildman–Crippen MR) is 82.7 cm³/mol. The van der Waals surface area contributed by atoms with Crippen molar-refractivity contribution in [1.82, 2.24) is 4.98 Å². The van der Waals surface area contributed by atoms with Crippen molar-refractivity contribution in [2.45, 2.75) is 26.3 Å². The third-order valence-corrected chi connectivity index (χ3v) is 3.17. The molecule has 1 aromatic carbocycles. The standard InChI is InChI=1S/C15H17N3O4/c1-3-22-15(19)8-10(2)17-13-4-5-14(18(20)21)12-9-16-7-6-11(12)13/h4-7,9-10,17H,3,8H2,1-2H3. The zero-order chi connectivity index (χ0) is 16.1. The lowest BCUT2D eigenvalue weighted by Crippen LogP contribution is -2.21. The molecule has 0 amide bonds. The van der Waals surface area contributed by atoms with E-state index in [1.165, 1.54) is 12.3 Å². The first kappa shape index (κ1) is 15.7. The number of nitro benzene ring substituents is 1. The smallest absolute Gasteiger partial charge is 0.307 e. The molecule has 7 nitrogen and oxygen atoms in total. The maximum absolute atomic E-state index is 11.5. The number of anilines is 1. The molecule has 1 heterocycles. The summed E-state index contributed by atoms with van der Waals surface area (Å²) in [7, 11) is 0. The molecular formula is C15H17N3O4. The molecular weight excluding hydrogens is 286 g/mol. The summed E-state index contributed by atoms with van der Waals surface area (Å²) in [6, 6.07) is 4.63. The van der Waals surface area contributed by atoms with Gasteiger partial charge in [-0.25, -0.2) is 0 Å². The number of pyridine rings is 1. The average Bonchev–Trinajstić information content (AvgIpc) is 2.47. The summed E-state index contributed by atoms with van der Waals surface area (Å²) < 4.78 is 4.91. The number of non-ortho nitro benzene ring substituents is 1. The molecule has 2 rings (SSSR count). The number of hydrogen-bond donors (Lipinski definition) is 1. The molecule has 22 heavy (non-hydrogen) atoms. The van der Waals surface area contributed by atoms with Crippen molar-refractivity contribution in [2.75, 3.05) is 11.9 Å². The van der Waals surface area contributed by atoms with Crippen LogP contribution in [-0.4, -0.2) is 28.5 Å². The molecule has 0 fully saturated rings. The van der Waals surface area contributed by atoms with Gasteiger partial charge in [-0.3, -0.25) is 19.9 Å². The van der Waals surface area contributed by atoms with Gasteiger partial charge in [0.15, 0.2) is 0 Å². The van der Waals surface area contributed by atoms with Crippen molar-refractivity contribution in [2.24, 2.45) is 0 Å². The minimum atomic E-state index is -0.435. The molecule has 7 heteroatoms. The quantitative estimate of drug-likeness (QED) is 0.501. The highest BCUT2D eigenvalue weighted by Crippen LogP contribution is 2.31. The number of aromatic nitrogens is 1. The summed E-state index contributed by atoms with van der Waals surface area (Å²) >= 11 is 0. The van der Waals surface area contributed by atoms with Crippen LogP contribution in [0.2, 0.25) is 0 Å². The molecule has 0 aliphatic carbocycles. The second-order valence-electron chi connectivity index (χ2n) is 4.87. The average molecular weight is 303 g/mol. The van der Waals surface area contributed by atoms with Gasteiger partial charge < -0.3 is 10.1 Å². The van der Waals surface area contributed by atoms with E-state index < -0.39 is 4.92 Å².